The topological polar surface area (TPSA) is 82.5 Å². The van der Waals surface area contributed by atoms with Gasteiger partial charge in [0.15, 0.2) is 11.6 Å². The number of carbonyl (C=O) groups excluding carboxylic acids is 2. The van der Waals surface area contributed by atoms with Crippen molar-refractivity contribution in [2.45, 2.75) is 45.1 Å². The molecule has 1 aromatic heterocycles. The minimum absolute atomic E-state index is 0.0636. The average Bonchev–Trinajstić information content (AvgIpc) is 3.08. The van der Waals surface area contributed by atoms with Crippen molar-refractivity contribution in [1.82, 2.24) is 24.8 Å². The molecule has 3 aromatic carbocycles. The molecular weight excluding hydrogens is 572 g/mol. The smallest absolute Gasteiger partial charge is 0.253 e. The second-order valence-corrected chi connectivity index (χ2v) is 12.1. The molecule has 2 amide bonds. The van der Waals surface area contributed by atoms with Gasteiger partial charge in [0.05, 0.1) is 0 Å². The fraction of sp³-hybridized carbons (Fsp3) is 0.343. The molecule has 44 heavy (non-hydrogen) atoms. The van der Waals surface area contributed by atoms with E-state index in [-0.39, 0.29) is 11.8 Å². The van der Waals surface area contributed by atoms with E-state index in [0.717, 1.165) is 68.6 Å². The molecule has 2 fully saturated rings. The number of rotatable bonds is 7. The summed E-state index contributed by atoms with van der Waals surface area (Å²) in [6.07, 6.45) is 6.56. The maximum Gasteiger partial charge on any atom is 0.253 e. The van der Waals surface area contributed by atoms with Gasteiger partial charge in [-0.25, -0.2) is 4.98 Å². The second kappa shape index (κ2) is 13.6. The molecule has 0 radical (unpaired) electrons. The Balaban J connectivity index is 1.30. The largest absolute Gasteiger partial charge is 0.339 e. The maximum absolute atomic E-state index is 13.0. The molecule has 8 nitrogen and oxygen atoms in total. The van der Waals surface area contributed by atoms with E-state index in [4.69, 9.17) is 26.6 Å². The van der Waals surface area contributed by atoms with Crippen LogP contribution in [0, 0.1) is 0 Å². The number of carbonyl (C=O) groups is 2. The summed E-state index contributed by atoms with van der Waals surface area (Å²) < 4.78 is 0. The molecule has 226 valence electrons. The monoisotopic (exact) mass is 608 g/mol. The zero-order valence-corrected chi connectivity index (χ0v) is 25.8. The first-order chi connectivity index (χ1) is 21.4. The number of hydrogen-bond donors (Lipinski definition) is 0. The van der Waals surface area contributed by atoms with E-state index in [9.17, 15) is 9.59 Å². The van der Waals surface area contributed by atoms with E-state index < -0.39 is 0 Å². The van der Waals surface area contributed by atoms with Gasteiger partial charge in [0, 0.05) is 67.0 Å². The fourth-order valence-corrected chi connectivity index (χ4v) is 6.07. The van der Waals surface area contributed by atoms with Gasteiger partial charge < -0.3 is 14.7 Å². The Bertz CT molecular complexity index is 1520. The average molecular weight is 609 g/mol. The minimum Gasteiger partial charge on any atom is -0.339 e. The molecule has 0 N–H and O–H groups in total. The van der Waals surface area contributed by atoms with Crippen LogP contribution in [0.2, 0.25) is 5.02 Å². The molecule has 2 saturated heterocycles. The number of halogens is 1. The highest BCUT2D eigenvalue weighted by Gasteiger charge is 2.21. The van der Waals surface area contributed by atoms with Gasteiger partial charge >= 0.3 is 0 Å². The van der Waals surface area contributed by atoms with Gasteiger partial charge in [-0.1, -0.05) is 48.0 Å². The van der Waals surface area contributed by atoms with E-state index >= 15 is 0 Å². The van der Waals surface area contributed by atoms with Gasteiger partial charge in [-0.05, 0) is 80.5 Å². The Morgan fingerprint density at radius 3 is 1.61 bits per heavy atom. The van der Waals surface area contributed by atoms with Gasteiger partial charge in [0.2, 0.25) is 5.95 Å². The summed E-state index contributed by atoms with van der Waals surface area (Å²) in [6.45, 7) is 3.78. The van der Waals surface area contributed by atoms with Crippen LogP contribution in [-0.2, 0) is 6.54 Å². The van der Waals surface area contributed by atoms with Crippen LogP contribution in [0.5, 0.6) is 0 Å². The SMILES string of the molecule is CN(Cc1cccc(Cl)c1)c1nc(-c2ccc(C(=O)N3CCCCC3)cc2)nc(-c2ccc(C(=O)N3CCCCC3)cc2)n1. The van der Waals surface area contributed by atoms with Crippen molar-refractivity contribution in [3.63, 3.8) is 0 Å². The summed E-state index contributed by atoms with van der Waals surface area (Å²) in [6, 6.07) is 22.7. The third-order valence-corrected chi connectivity index (χ3v) is 8.58. The zero-order valence-electron chi connectivity index (χ0n) is 25.1. The van der Waals surface area contributed by atoms with Crippen molar-refractivity contribution >= 4 is 29.4 Å². The third kappa shape index (κ3) is 6.91. The molecule has 3 heterocycles. The highest BCUT2D eigenvalue weighted by Crippen LogP contribution is 2.26. The maximum atomic E-state index is 13.0. The quantitative estimate of drug-likeness (QED) is 0.231. The Hall–Kier alpha value is -4.30. The van der Waals surface area contributed by atoms with Crippen molar-refractivity contribution < 1.29 is 9.59 Å². The molecule has 2 aliphatic heterocycles. The Kier molecular flexibility index (Phi) is 9.17. The normalized spacial score (nSPS) is 15.2. The lowest BCUT2D eigenvalue weighted by molar-refractivity contribution is 0.0717. The van der Waals surface area contributed by atoms with Crippen LogP contribution in [0.25, 0.3) is 22.8 Å². The van der Waals surface area contributed by atoms with Crippen molar-refractivity contribution in [3.05, 3.63) is 94.5 Å². The number of piperidine rings is 2. The van der Waals surface area contributed by atoms with Crippen molar-refractivity contribution in [2.24, 2.45) is 0 Å². The predicted octanol–water partition coefficient (Wildman–Crippen LogP) is 6.75. The lowest BCUT2D eigenvalue weighted by Crippen LogP contribution is -2.35. The van der Waals surface area contributed by atoms with E-state index in [2.05, 4.69) is 0 Å². The van der Waals surface area contributed by atoms with Crippen LogP contribution < -0.4 is 4.90 Å². The molecule has 0 atom stereocenters. The Labute approximate surface area is 263 Å². The first-order valence-electron chi connectivity index (χ1n) is 15.5. The minimum atomic E-state index is 0.0636. The van der Waals surface area contributed by atoms with Gasteiger partial charge in [0.1, 0.15) is 0 Å². The van der Waals surface area contributed by atoms with Crippen LogP contribution in [0.4, 0.5) is 5.95 Å². The van der Waals surface area contributed by atoms with Gasteiger partial charge in [0.25, 0.3) is 11.8 Å². The molecule has 6 rings (SSSR count). The molecule has 0 spiro atoms. The number of hydrogen-bond acceptors (Lipinski definition) is 6. The molecular formula is C35H37ClN6O2. The van der Waals surface area contributed by atoms with Crippen LogP contribution >= 0.6 is 11.6 Å². The van der Waals surface area contributed by atoms with E-state index in [1.54, 1.807) is 0 Å². The summed E-state index contributed by atoms with van der Waals surface area (Å²) in [4.78, 5) is 46.4. The van der Waals surface area contributed by atoms with Crippen LogP contribution in [-0.4, -0.2) is 69.8 Å². The molecule has 0 aliphatic carbocycles. The van der Waals surface area contributed by atoms with Crippen LogP contribution in [0.3, 0.4) is 0 Å². The van der Waals surface area contributed by atoms with Gasteiger partial charge in [-0.15, -0.1) is 0 Å². The summed E-state index contributed by atoms with van der Waals surface area (Å²) >= 11 is 6.24. The number of amides is 2. The first-order valence-corrected chi connectivity index (χ1v) is 15.8. The standard InChI is InChI=1S/C35H37ClN6O2/c1-40(24-25-9-8-10-30(36)23-25)35-38-31(26-11-15-28(16-12-26)33(43)41-19-4-2-5-20-41)37-32(39-35)27-13-17-29(18-14-27)34(44)42-21-6-3-7-22-42/h8-18,23H,2-7,19-22,24H2,1H3. The fourth-order valence-electron chi connectivity index (χ4n) is 5.86. The van der Waals surface area contributed by atoms with E-state index in [1.165, 1.54) is 12.8 Å². The Morgan fingerprint density at radius 1 is 0.682 bits per heavy atom. The second-order valence-electron chi connectivity index (χ2n) is 11.6. The van der Waals surface area contributed by atoms with E-state index in [1.807, 2.05) is 94.5 Å². The Morgan fingerprint density at radius 2 is 1.16 bits per heavy atom. The molecule has 0 bridgehead atoms. The molecule has 2 aliphatic rings. The number of anilines is 1. The predicted molar refractivity (Wildman–Crippen MR) is 174 cm³/mol. The third-order valence-electron chi connectivity index (χ3n) is 8.34. The highest BCUT2D eigenvalue weighted by molar-refractivity contribution is 6.30. The molecule has 0 saturated carbocycles. The molecule has 4 aromatic rings. The van der Waals surface area contributed by atoms with Gasteiger partial charge in [-0.3, -0.25) is 9.59 Å². The summed E-state index contributed by atoms with van der Waals surface area (Å²) in [5.41, 5.74) is 3.94. The molecule has 9 heteroatoms. The zero-order chi connectivity index (χ0) is 30.5. The van der Waals surface area contributed by atoms with Gasteiger partial charge in [-0.2, -0.15) is 9.97 Å². The first kappa shape index (κ1) is 29.8. The van der Waals surface area contributed by atoms with E-state index in [0.29, 0.717) is 40.3 Å². The van der Waals surface area contributed by atoms with Crippen molar-refractivity contribution in [1.29, 1.82) is 0 Å². The summed E-state index contributed by atoms with van der Waals surface area (Å²) in [5.74, 6) is 1.65. The lowest BCUT2D eigenvalue weighted by atomic mass is 10.1. The summed E-state index contributed by atoms with van der Waals surface area (Å²) in [5, 5.41) is 0.673. The van der Waals surface area contributed by atoms with Crippen LogP contribution in [0.15, 0.2) is 72.8 Å². The number of aromatic nitrogens is 3. The number of likely N-dealkylation sites (tertiary alicyclic amines) is 2. The molecule has 0 unspecified atom stereocenters. The number of nitrogens with zero attached hydrogens (tertiary/aromatic N) is 6. The summed E-state index contributed by atoms with van der Waals surface area (Å²) in [7, 11) is 1.94. The lowest BCUT2D eigenvalue weighted by Gasteiger charge is -2.26. The van der Waals surface area contributed by atoms with Crippen molar-refractivity contribution in [3.8, 4) is 22.8 Å². The van der Waals surface area contributed by atoms with Crippen molar-refractivity contribution in [2.75, 3.05) is 38.1 Å². The van der Waals surface area contributed by atoms with Crippen LogP contribution in [0.1, 0.15) is 64.8 Å². The highest BCUT2D eigenvalue weighted by atomic mass is 35.5. The number of benzene rings is 3.